The molecule has 1 aromatic carbocycles. The Morgan fingerprint density at radius 2 is 1.90 bits per heavy atom. The molecule has 0 saturated carbocycles. The van der Waals surface area contributed by atoms with Crippen LogP contribution < -0.4 is 10.2 Å². The fraction of sp³-hybridized carbons (Fsp3) is 0.529. The number of benzene rings is 1. The molecule has 1 heterocycles. The molecular formula is C17H24N2O2. The van der Waals surface area contributed by atoms with Crippen LogP contribution in [-0.2, 0) is 9.59 Å². The zero-order chi connectivity index (χ0) is 15.4. The van der Waals surface area contributed by atoms with E-state index in [9.17, 15) is 9.59 Å². The van der Waals surface area contributed by atoms with E-state index in [1.807, 2.05) is 45.0 Å². The number of nitrogens with one attached hydrogen (secondary N) is 1. The molecule has 4 nitrogen and oxygen atoms in total. The second kappa shape index (κ2) is 6.74. The third-order valence-corrected chi connectivity index (χ3v) is 4.17. The minimum Gasteiger partial charge on any atom is -0.351 e. The summed E-state index contributed by atoms with van der Waals surface area (Å²) in [5.41, 5.74) is 2.08. The second-order valence-electron chi connectivity index (χ2n) is 5.76. The van der Waals surface area contributed by atoms with Crippen molar-refractivity contribution in [3.05, 3.63) is 29.8 Å². The van der Waals surface area contributed by atoms with Gasteiger partial charge in [-0.1, -0.05) is 31.5 Å². The van der Waals surface area contributed by atoms with Crippen LogP contribution in [0.4, 0.5) is 5.69 Å². The lowest BCUT2D eigenvalue weighted by Crippen LogP contribution is -2.40. The summed E-state index contributed by atoms with van der Waals surface area (Å²) >= 11 is 0. The highest BCUT2D eigenvalue weighted by Gasteiger charge is 2.32. The molecule has 0 aliphatic carbocycles. The number of carbonyl (C=O) groups excluding carboxylic acids is 2. The summed E-state index contributed by atoms with van der Waals surface area (Å²) < 4.78 is 0. The van der Waals surface area contributed by atoms with Crippen molar-refractivity contribution in [1.82, 2.24) is 5.32 Å². The van der Waals surface area contributed by atoms with Gasteiger partial charge < -0.3 is 10.2 Å². The van der Waals surface area contributed by atoms with Gasteiger partial charge in [0.05, 0.1) is 6.04 Å². The Labute approximate surface area is 126 Å². The van der Waals surface area contributed by atoms with Crippen molar-refractivity contribution in [3.63, 3.8) is 0 Å². The molecule has 1 aliphatic heterocycles. The lowest BCUT2D eigenvalue weighted by Gasteiger charge is -2.19. The fourth-order valence-electron chi connectivity index (χ4n) is 2.76. The van der Waals surface area contributed by atoms with Crippen molar-refractivity contribution in [3.8, 4) is 0 Å². The lowest BCUT2D eigenvalue weighted by molar-refractivity contribution is -0.125. The summed E-state index contributed by atoms with van der Waals surface area (Å²) in [4.78, 5) is 26.0. The average Bonchev–Trinajstić information content (AvgIpc) is 2.81. The Morgan fingerprint density at radius 1 is 1.29 bits per heavy atom. The van der Waals surface area contributed by atoms with Gasteiger partial charge in [0.2, 0.25) is 11.8 Å². The first-order chi connectivity index (χ1) is 10.0. The number of hydrogen-bond acceptors (Lipinski definition) is 2. The van der Waals surface area contributed by atoms with Crippen LogP contribution in [0, 0.1) is 12.8 Å². The molecule has 1 saturated heterocycles. The Bertz CT molecular complexity index is 506. The molecule has 1 N–H and O–H groups in total. The van der Waals surface area contributed by atoms with E-state index < -0.39 is 0 Å². The summed E-state index contributed by atoms with van der Waals surface area (Å²) in [6.45, 7) is 6.63. The van der Waals surface area contributed by atoms with Crippen LogP contribution >= 0.6 is 0 Å². The van der Waals surface area contributed by atoms with Crippen LogP contribution in [0.2, 0.25) is 0 Å². The first-order valence-corrected chi connectivity index (χ1v) is 7.72. The van der Waals surface area contributed by atoms with Crippen molar-refractivity contribution in [2.24, 2.45) is 5.92 Å². The summed E-state index contributed by atoms with van der Waals surface area (Å²) in [7, 11) is 0. The largest absolute Gasteiger partial charge is 0.351 e. The van der Waals surface area contributed by atoms with Crippen LogP contribution in [0.1, 0.15) is 38.7 Å². The predicted molar refractivity (Wildman–Crippen MR) is 84.2 cm³/mol. The van der Waals surface area contributed by atoms with E-state index in [1.165, 1.54) is 5.56 Å². The topological polar surface area (TPSA) is 49.4 Å². The summed E-state index contributed by atoms with van der Waals surface area (Å²) in [5, 5.41) is 3.02. The fourth-order valence-corrected chi connectivity index (χ4v) is 2.76. The number of aryl methyl sites for hydroxylation is 1. The van der Waals surface area contributed by atoms with Crippen molar-refractivity contribution >= 4 is 17.5 Å². The molecule has 0 aromatic heterocycles. The number of carbonyl (C=O) groups is 2. The van der Waals surface area contributed by atoms with Gasteiger partial charge in [-0.2, -0.15) is 0 Å². The third kappa shape index (κ3) is 3.63. The maximum Gasteiger partial charge on any atom is 0.229 e. The van der Waals surface area contributed by atoms with Gasteiger partial charge in [-0.05, 0) is 31.9 Å². The molecule has 21 heavy (non-hydrogen) atoms. The summed E-state index contributed by atoms with van der Waals surface area (Å²) in [6, 6.07) is 7.83. The molecule has 0 radical (unpaired) electrons. The number of anilines is 1. The van der Waals surface area contributed by atoms with Crippen molar-refractivity contribution in [1.29, 1.82) is 0 Å². The minimum atomic E-state index is -0.0769. The van der Waals surface area contributed by atoms with Gasteiger partial charge in [-0.3, -0.25) is 9.59 Å². The molecule has 2 rings (SSSR count). The predicted octanol–water partition coefficient (Wildman–Crippen LogP) is 2.65. The SMILES string of the molecule is CCC(CC)C(=O)N[C@H]1CC(=O)N(c2ccc(C)cc2)C1. The molecular weight excluding hydrogens is 264 g/mol. The molecule has 1 aliphatic rings. The monoisotopic (exact) mass is 288 g/mol. The molecule has 1 fully saturated rings. The Morgan fingerprint density at radius 3 is 2.48 bits per heavy atom. The van der Waals surface area contributed by atoms with Crippen molar-refractivity contribution in [2.45, 2.75) is 46.1 Å². The Hall–Kier alpha value is -1.84. The molecule has 114 valence electrons. The molecule has 0 bridgehead atoms. The van der Waals surface area contributed by atoms with E-state index >= 15 is 0 Å². The normalized spacial score (nSPS) is 18.4. The maximum atomic E-state index is 12.1. The van der Waals surface area contributed by atoms with E-state index in [4.69, 9.17) is 0 Å². The molecule has 0 spiro atoms. The standard InChI is InChI=1S/C17H24N2O2/c1-4-13(5-2)17(21)18-14-10-16(20)19(11-14)15-8-6-12(3)7-9-15/h6-9,13-14H,4-5,10-11H2,1-3H3,(H,18,21)/t14-/m0/s1. The van der Waals surface area contributed by atoms with Crippen molar-refractivity contribution < 1.29 is 9.59 Å². The molecule has 1 aromatic rings. The zero-order valence-corrected chi connectivity index (χ0v) is 13.1. The molecule has 1 atom stereocenters. The van der Waals surface area contributed by atoms with Gasteiger partial charge in [0, 0.05) is 24.6 Å². The molecule has 2 amide bonds. The van der Waals surface area contributed by atoms with Gasteiger partial charge in [-0.15, -0.1) is 0 Å². The van der Waals surface area contributed by atoms with Gasteiger partial charge in [0.1, 0.15) is 0 Å². The zero-order valence-electron chi connectivity index (χ0n) is 13.1. The maximum absolute atomic E-state index is 12.1. The van der Waals surface area contributed by atoms with Gasteiger partial charge in [0.15, 0.2) is 0 Å². The second-order valence-corrected chi connectivity index (χ2v) is 5.76. The minimum absolute atomic E-state index is 0.0496. The number of rotatable bonds is 5. The van der Waals surface area contributed by atoms with Gasteiger partial charge in [0.25, 0.3) is 0 Å². The van der Waals surface area contributed by atoms with E-state index in [0.717, 1.165) is 18.5 Å². The lowest BCUT2D eigenvalue weighted by atomic mass is 10.0. The third-order valence-electron chi connectivity index (χ3n) is 4.17. The van der Waals surface area contributed by atoms with Crippen molar-refractivity contribution in [2.75, 3.05) is 11.4 Å². The van der Waals surface area contributed by atoms with Crippen LogP contribution in [0.15, 0.2) is 24.3 Å². The average molecular weight is 288 g/mol. The highest BCUT2D eigenvalue weighted by molar-refractivity contribution is 5.96. The quantitative estimate of drug-likeness (QED) is 0.905. The van der Waals surface area contributed by atoms with E-state index in [1.54, 1.807) is 4.90 Å². The van der Waals surface area contributed by atoms with E-state index in [0.29, 0.717) is 13.0 Å². The Kier molecular flexibility index (Phi) is 4.99. The highest BCUT2D eigenvalue weighted by Crippen LogP contribution is 2.22. The summed E-state index contributed by atoms with van der Waals surface area (Å²) in [5.74, 6) is 0.200. The highest BCUT2D eigenvalue weighted by atomic mass is 16.2. The smallest absolute Gasteiger partial charge is 0.229 e. The number of nitrogens with zero attached hydrogens (tertiary/aromatic N) is 1. The van der Waals surface area contributed by atoms with E-state index in [-0.39, 0.29) is 23.8 Å². The van der Waals surface area contributed by atoms with Crippen LogP contribution in [-0.4, -0.2) is 24.4 Å². The van der Waals surface area contributed by atoms with Crippen LogP contribution in [0.3, 0.4) is 0 Å². The van der Waals surface area contributed by atoms with Crippen LogP contribution in [0.5, 0.6) is 0 Å². The number of amides is 2. The first-order valence-electron chi connectivity index (χ1n) is 7.72. The first kappa shape index (κ1) is 15.5. The van der Waals surface area contributed by atoms with Gasteiger partial charge >= 0.3 is 0 Å². The van der Waals surface area contributed by atoms with E-state index in [2.05, 4.69) is 5.32 Å². The van der Waals surface area contributed by atoms with Gasteiger partial charge in [-0.25, -0.2) is 0 Å². The Balaban J connectivity index is 1.99. The summed E-state index contributed by atoms with van der Waals surface area (Å²) in [6.07, 6.45) is 2.06. The van der Waals surface area contributed by atoms with Crippen LogP contribution in [0.25, 0.3) is 0 Å². The molecule has 4 heteroatoms. The number of hydrogen-bond donors (Lipinski definition) is 1. The molecule has 0 unspecified atom stereocenters.